The molecular weight excluding hydrogens is 560 g/mol. The van der Waals surface area contributed by atoms with Gasteiger partial charge >= 0.3 is 0 Å². The lowest BCUT2D eigenvalue weighted by Crippen LogP contribution is -2.46. The Morgan fingerprint density at radius 3 is 2.49 bits per heavy atom. The summed E-state index contributed by atoms with van der Waals surface area (Å²) in [5, 5.41) is 31.6. The predicted molar refractivity (Wildman–Crippen MR) is 169 cm³/mol. The average molecular weight is 595 g/mol. The largest absolute Gasteiger partial charge is 0.373 e. The van der Waals surface area contributed by atoms with Gasteiger partial charge in [0.15, 0.2) is 0 Å². The first-order valence-corrected chi connectivity index (χ1v) is 14.8. The van der Waals surface area contributed by atoms with Crippen molar-refractivity contribution < 1.29 is 0 Å². The molecule has 0 spiro atoms. The molecule has 11 heteroatoms. The van der Waals surface area contributed by atoms with E-state index in [4.69, 9.17) is 11.6 Å². The number of aryl methyl sites for hydroxylation is 1. The van der Waals surface area contributed by atoms with E-state index < -0.39 is 0 Å². The summed E-state index contributed by atoms with van der Waals surface area (Å²) in [5.74, 6) is 0. The highest BCUT2D eigenvalue weighted by Crippen LogP contribution is 2.37. The first-order valence-electron chi connectivity index (χ1n) is 14.5. The number of halogens is 1. The molecule has 220 valence electrons. The number of pyridine rings is 1. The molecule has 0 amide bonds. The summed E-state index contributed by atoms with van der Waals surface area (Å²) < 4.78 is 3.72. The lowest BCUT2D eigenvalue weighted by Gasteiger charge is -2.40. The van der Waals surface area contributed by atoms with Crippen LogP contribution in [0.4, 0.5) is 17.1 Å². The van der Waals surface area contributed by atoms with Crippen LogP contribution in [0.15, 0.2) is 67.3 Å². The molecule has 0 aliphatic carbocycles. The van der Waals surface area contributed by atoms with E-state index in [-0.39, 0.29) is 11.6 Å². The number of nitrogens with zero attached hydrogens (tertiary/aromatic N) is 8. The van der Waals surface area contributed by atoms with Gasteiger partial charge in [0.25, 0.3) is 0 Å². The summed E-state index contributed by atoms with van der Waals surface area (Å²) in [6, 6.07) is 16.3. The number of anilines is 3. The fourth-order valence-electron chi connectivity index (χ4n) is 5.74. The topological polar surface area (TPSA) is 113 Å². The number of piperidine rings is 1. The summed E-state index contributed by atoms with van der Waals surface area (Å²) >= 11 is 6.80. The van der Waals surface area contributed by atoms with E-state index in [9.17, 15) is 5.26 Å². The van der Waals surface area contributed by atoms with Gasteiger partial charge in [-0.3, -0.25) is 14.6 Å². The second-order valence-electron chi connectivity index (χ2n) is 12.0. The van der Waals surface area contributed by atoms with Crippen LogP contribution in [-0.4, -0.2) is 53.3 Å². The molecule has 5 aromatic rings. The van der Waals surface area contributed by atoms with Gasteiger partial charge in [-0.05, 0) is 51.3 Å². The van der Waals surface area contributed by atoms with Crippen molar-refractivity contribution in [3.8, 4) is 6.07 Å². The molecule has 4 heterocycles. The minimum absolute atomic E-state index is 0.166. The molecule has 1 fully saturated rings. The molecule has 6 rings (SSSR count). The van der Waals surface area contributed by atoms with E-state index in [1.165, 1.54) is 6.20 Å². The summed E-state index contributed by atoms with van der Waals surface area (Å²) in [7, 11) is 1.84. The second-order valence-corrected chi connectivity index (χ2v) is 12.4. The van der Waals surface area contributed by atoms with E-state index in [2.05, 4.69) is 81.1 Å². The highest BCUT2D eigenvalue weighted by atomic mass is 35.5. The monoisotopic (exact) mass is 594 g/mol. The van der Waals surface area contributed by atoms with Crippen LogP contribution < -0.4 is 10.6 Å². The highest BCUT2D eigenvalue weighted by Gasteiger charge is 2.29. The third-order valence-electron chi connectivity index (χ3n) is 8.07. The Bertz CT molecular complexity index is 1770. The normalized spacial score (nSPS) is 15.3. The summed E-state index contributed by atoms with van der Waals surface area (Å²) in [4.78, 5) is 7.03. The number of nitriles is 1. The van der Waals surface area contributed by atoms with Crippen LogP contribution in [-0.2, 0) is 7.05 Å². The first kappa shape index (κ1) is 28.6. The number of hydrogen-bond acceptors (Lipinski definition) is 8. The number of rotatable bonds is 7. The highest BCUT2D eigenvalue weighted by molar-refractivity contribution is 6.36. The number of aromatic nitrogens is 6. The van der Waals surface area contributed by atoms with Gasteiger partial charge in [-0.25, -0.2) is 4.68 Å². The molecule has 3 aromatic heterocycles. The third-order valence-corrected chi connectivity index (χ3v) is 8.36. The second kappa shape index (κ2) is 11.7. The molecule has 0 unspecified atom stereocenters. The maximum absolute atomic E-state index is 9.89. The Morgan fingerprint density at radius 1 is 1.05 bits per heavy atom. The van der Waals surface area contributed by atoms with Crippen LogP contribution in [0.3, 0.4) is 0 Å². The van der Waals surface area contributed by atoms with Crippen molar-refractivity contribution in [2.45, 2.75) is 51.2 Å². The van der Waals surface area contributed by atoms with Gasteiger partial charge in [-0.2, -0.15) is 10.4 Å². The maximum Gasteiger partial charge on any atom is 0.109 e. The van der Waals surface area contributed by atoms with Crippen LogP contribution in [0, 0.1) is 11.3 Å². The minimum atomic E-state index is -0.278. The first-order chi connectivity index (χ1) is 20.7. The molecular formula is C32H35ClN10. The van der Waals surface area contributed by atoms with Crippen LogP contribution >= 0.6 is 11.6 Å². The summed E-state index contributed by atoms with van der Waals surface area (Å²) in [5.41, 5.74) is 5.18. The van der Waals surface area contributed by atoms with Gasteiger partial charge in [0.05, 0.1) is 52.0 Å². The quantitative estimate of drug-likeness (QED) is 0.221. The molecule has 10 nitrogen and oxygen atoms in total. The van der Waals surface area contributed by atoms with Gasteiger partial charge in [0.2, 0.25) is 0 Å². The molecule has 1 aliphatic heterocycles. The zero-order valence-corrected chi connectivity index (χ0v) is 25.5. The van der Waals surface area contributed by atoms with Crippen molar-refractivity contribution in [1.82, 2.24) is 34.7 Å². The fraction of sp³-hybridized carbons (Fsp3) is 0.344. The Balaban J connectivity index is 1.34. The van der Waals surface area contributed by atoms with Crippen LogP contribution in [0.2, 0.25) is 5.02 Å². The molecule has 43 heavy (non-hydrogen) atoms. The average Bonchev–Trinajstić information content (AvgIpc) is 3.65. The lowest BCUT2D eigenvalue weighted by molar-refractivity contribution is 0.0866. The van der Waals surface area contributed by atoms with Crippen molar-refractivity contribution in [2.24, 2.45) is 7.05 Å². The fourth-order valence-corrected chi connectivity index (χ4v) is 6.00. The third kappa shape index (κ3) is 6.05. The number of benzene rings is 2. The van der Waals surface area contributed by atoms with Gasteiger partial charge in [0.1, 0.15) is 11.8 Å². The zero-order valence-electron chi connectivity index (χ0n) is 24.8. The van der Waals surface area contributed by atoms with E-state index in [0.717, 1.165) is 53.9 Å². The van der Waals surface area contributed by atoms with Crippen molar-refractivity contribution in [3.05, 3.63) is 89.1 Å². The van der Waals surface area contributed by atoms with Crippen LogP contribution in [0.5, 0.6) is 0 Å². The van der Waals surface area contributed by atoms with Crippen molar-refractivity contribution in [3.63, 3.8) is 0 Å². The van der Waals surface area contributed by atoms with E-state index in [0.29, 0.717) is 27.8 Å². The predicted octanol–water partition coefficient (Wildman–Crippen LogP) is 6.47. The van der Waals surface area contributed by atoms with E-state index >= 15 is 0 Å². The molecule has 0 saturated carbocycles. The Morgan fingerprint density at radius 2 is 1.81 bits per heavy atom. The summed E-state index contributed by atoms with van der Waals surface area (Å²) in [6.45, 7) is 8.88. The van der Waals surface area contributed by atoms with Crippen molar-refractivity contribution in [1.29, 1.82) is 5.26 Å². The van der Waals surface area contributed by atoms with Gasteiger partial charge in [-0.1, -0.05) is 47.1 Å². The lowest BCUT2D eigenvalue weighted by atomic mass is 9.98. The Hall–Kier alpha value is -4.46. The smallest absolute Gasteiger partial charge is 0.109 e. The number of fused-ring (bicyclic) bond motifs is 1. The van der Waals surface area contributed by atoms with Gasteiger partial charge in [-0.15, -0.1) is 5.10 Å². The Labute approximate surface area is 256 Å². The van der Waals surface area contributed by atoms with Gasteiger partial charge in [0, 0.05) is 49.1 Å². The number of nitrogens with one attached hydrogen (secondary N) is 2. The molecule has 2 aromatic carbocycles. The standard InChI is InChI=1S/C32H35ClN10/c1-32(2,3)42-12-10-25(11-13-42)43-20-28(39-40-43)30(21-8-6-5-7-9-21)37-23-14-26-29(38-24-18-36-41(4)19-24)22(16-34)17-35-31(26)27(33)15-23/h5-9,14-15,17-20,25,30,37H,10-13H2,1-4H3,(H,35,38)/t30-/m0/s1. The van der Waals surface area contributed by atoms with Gasteiger partial charge < -0.3 is 10.6 Å². The molecule has 1 aliphatic rings. The number of likely N-dealkylation sites (tertiary alicyclic amines) is 1. The van der Waals surface area contributed by atoms with Crippen LogP contribution in [0.1, 0.15) is 62.5 Å². The zero-order chi connectivity index (χ0) is 30.1. The molecule has 0 bridgehead atoms. The SMILES string of the molecule is Cn1cc(Nc2c(C#N)cnc3c(Cl)cc(N[C@@H](c4ccccc4)c4cn(C5CCN(C(C)(C)C)CC5)nn4)cc23)cn1. The van der Waals surface area contributed by atoms with E-state index in [1.807, 2.05) is 48.3 Å². The number of hydrogen-bond donors (Lipinski definition) is 2. The maximum atomic E-state index is 9.89. The van der Waals surface area contributed by atoms with Crippen molar-refractivity contribution in [2.75, 3.05) is 23.7 Å². The molecule has 1 saturated heterocycles. The van der Waals surface area contributed by atoms with E-state index in [1.54, 1.807) is 10.9 Å². The molecule has 0 radical (unpaired) electrons. The molecule has 1 atom stereocenters. The van der Waals surface area contributed by atoms with Crippen LogP contribution in [0.25, 0.3) is 10.9 Å². The van der Waals surface area contributed by atoms with Crippen molar-refractivity contribution >= 4 is 39.6 Å². The summed E-state index contributed by atoms with van der Waals surface area (Å²) in [6.07, 6.45) is 9.22. The minimum Gasteiger partial charge on any atom is -0.373 e. The molecule has 2 N–H and O–H groups in total. The Kier molecular flexibility index (Phi) is 7.77.